The number of nitrogens with zero attached hydrogens (tertiary/aromatic N) is 1. The summed E-state index contributed by atoms with van der Waals surface area (Å²) in [6.07, 6.45) is 0. The summed E-state index contributed by atoms with van der Waals surface area (Å²) >= 11 is 7.74. The van der Waals surface area contributed by atoms with Crippen molar-refractivity contribution in [2.75, 3.05) is 20.1 Å². The van der Waals surface area contributed by atoms with E-state index in [1.54, 1.807) is 0 Å². The number of likely N-dealkylation sites (N-methyl/N-ethyl adjacent to an activating group) is 1. The van der Waals surface area contributed by atoms with Crippen molar-refractivity contribution < 1.29 is 5.11 Å². The summed E-state index contributed by atoms with van der Waals surface area (Å²) in [5, 5.41) is 14.6. The van der Waals surface area contributed by atoms with Gasteiger partial charge in [0.25, 0.3) is 5.56 Å². The van der Waals surface area contributed by atoms with Gasteiger partial charge in [-0.25, -0.2) is 0 Å². The van der Waals surface area contributed by atoms with Gasteiger partial charge >= 0.3 is 0 Å². The van der Waals surface area contributed by atoms with E-state index < -0.39 is 0 Å². The molecular formula is C23H23ClN2O2S. The molecule has 0 aliphatic carbocycles. The molecule has 2 aromatic heterocycles. The van der Waals surface area contributed by atoms with E-state index in [1.807, 2.05) is 23.6 Å². The highest BCUT2D eigenvalue weighted by Gasteiger charge is 2.18. The Balaban J connectivity index is 1.88. The number of phenols is 1. The van der Waals surface area contributed by atoms with E-state index in [9.17, 15) is 9.90 Å². The Morgan fingerprint density at radius 1 is 1.24 bits per heavy atom. The average Bonchev–Trinajstić information content (AvgIpc) is 3.20. The van der Waals surface area contributed by atoms with Crippen LogP contribution in [0.15, 0.2) is 46.6 Å². The summed E-state index contributed by atoms with van der Waals surface area (Å²) in [6.45, 7) is 6.37. The highest BCUT2D eigenvalue weighted by Crippen LogP contribution is 2.42. The van der Waals surface area contributed by atoms with Crippen LogP contribution in [0.5, 0.6) is 5.75 Å². The van der Waals surface area contributed by atoms with Gasteiger partial charge in [0, 0.05) is 28.9 Å². The lowest BCUT2D eigenvalue weighted by atomic mass is 9.94. The van der Waals surface area contributed by atoms with Crippen LogP contribution in [0.4, 0.5) is 0 Å². The molecule has 0 saturated carbocycles. The van der Waals surface area contributed by atoms with Gasteiger partial charge in [-0.1, -0.05) is 49.7 Å². The summed E-state index contributed by atoms with van der Waals surface area (Å²) in [7, 11) is 2.12. The van der Waals surface area contributed by atoms with Crippen molar-refractivity contribution in [2.24, 2.45) is 0 Å². The molecule has 0 radical (unpaired) electrons. The van der Waals surface area contributed by atoms with Gasteiger partial charge in [-0.05, 0) is 42.1 Å². The number of hydrogen-bond donors (Lipinski definition) is 2. The SMILES string of the molecule is CCN(C)C[C@H](C)c1ccc(-c2c(O)cc(Cl)c3[nH]c(=O)c4sccc4c23)cc1. The Morgan fingerprint density at radius 2 is 1.97 bits per heavy atom. The zero-order valence-corrected chi connectivity index (χ0v) is 18.2. The molecule has 4 aromatic rings. The molecule has 2 aromatic carbocycles. The van der Waals surface area contributed by atoms with E-state index in [1.165, 1.54) is 23.0 Å². The number of halogens is 1. The van der Waals surface area contributed by atoms with Gasteiger partial charge in [0.2, 0.25) is 0 Å². The topological polar surface area (TPSA) is 56.3 Å². The molecule has 0 aliphatic heterocycles. The summed E-state index contributed by atoms with van der Waals surface area (Å²) < 4.78 is 0.633. The minimum Gasteiger partial charge on any atom is -0.507 e. The Kier molecular flexibility index (Phi) is 5.38. The normalized spacial score (nSPS) is 12.9. The van der Waals surface area contributed by atoms with Crippen LogP contribution in [0.3, 0.4) is 0 Å². The van der Waals surface area contributed by atoms with Crippen molar-refractivity contribution in [3.63, 3.8) is 0 Å². The third kappa shape index (κ3) is 3.54. The van der Waals surface area contributed by atoms with Gasteiger partial charge in [0.05, 0.1) is 10.5 Å². The summed E-state index contributed by atoms with van der Waals surface area (Å²) in [5.74, 6) is 0.512. The molecule has 4 nitrogen and oxygen atoms in total. The molecule has 4 rings (SSSR count). The fourth-order valence-corrected chi connectivity index (χ4v) is 4.89. The monoisotopic (exact) mass is 426 g/mol. The first-order valence-corrected chi connectivity index (χ1v) is 10.9. The highest BCUT2D eigenvalue weighted by molar-refractivity contribution is 7.17. The van der Waals surface area contributed by atoms with Crippen LogP contribution < -0.4 is 5.56 Å². The molecule has 0 saturated heterocycles. The van der Waals surface area contributed by atoms with Crippen molar-refractivity contribution in [2.45, 2.75) is 19.8 Å². The molecular weight excluding hydrogens is 404 g/mol. The number of aromatic hydroxyl groups is 1. The van der Waals surface area contributed by atoms with Crippen LogP contribution in [0.1, 0.15) is 25.3 Å². The lowest BCUT2D eigenvalue weighted by Gasteiger charge is -2.20. The molecule has 6 heteroatoms. The number of thiophene rings is 1. The van der Waals surface area contributed by atoms with Crippen molar-refractivity contribution in [1.29, 1.82) is 0 Å². The Hall–Kier alpha value is -2.34. The van der Waals surface area contributed by atoms with Crippen molar-refractivity contribution in [3.05, 3.63) is 62.7 Å². The molecule has 0 aliphatic rings. The Morgan fingerprint density at radius 3 is 2.66 bits per heavy atom. The average molecular weight is 427 g/mol. The second-order valence-corrected chi connectivity index (χ2v) is 8.82. The largest absolute Gasteiger partial charge is 0.507 e. The van der Waals surface area contributed by atoms with Gasteiger partial charge in [-0.3, -0.25) is 4.79 Å². The summed E-state index contributed by atoms with van der Waals surface area (Å²) in [6, 6.07) is 11.7. The number of H-pyrrole nitrogens is 1. The molecule has 2 N–H and O–H groups in total. The first-order valence-electron chi connectivity index (χ1n) is 9.64. The summed E-state index contributed by atoms with van der Waals surface area (Å²) in [4.78, 5) is 17.6. The number of rotatable bonds is 5. The van der Waals surface area contributed by atoms with Crippen LogP contribution in [-0.4, -0.2) is 35.1 Å². The number of nitrogens with one attached hydrogen (secondary N) is 1. The third-order valence-electron chi connectivity index (χ3n) is 5.53. The van der Waals surface area contributed by atoms with Crippen LogP contribution in [0.25, 0.3) is 32.1 Å². The second kappa shape index (κ2) is 7.82. The van der Waals surface area contributed by atoms with Crippen molar-refractivity contribution in [1.82, 2.24) is 9.88 Å². The smallest absolute Gasteiger partial charge is 0.266 e. The molecule has 1 atom stereocenters. The third-order valence-corrected chi connectivity index (χ3v) is 6.74. The zero-order valence-electron chi connectivity index (χ0n) is 16.6. The number of benzene rings is 2. The molecule has 0 spiro atoms. The minimum atomic E-state index is -0.162. The lowest BCUT2D eigenvalue weighted by Crippen LogP contribution is -2.22. The number of aromatic amines is 1. The standard InChI is InChI=1S/C23H23ClN2O2S/c1-4-26(3)12-13(2)14-5-7-15(8-6-14)19-18(27)11-17(24)21-20(19)16-9-10-29-22(16)23(28)25-21/h5-11,13,27H,4,12H2,1-3H3,(H,25,28)/t13-/m0/s1. The molecule has 150 valence electrons. The van der Waals surface area contributed by atoms with E-state index in [0.29, 0.717) is 26.7 Å². The predicted octanol–water partition coefficient (Wildman–Crippen LogP) is 5.82. The molecule has 2 heterocycles. The van der Waals surface area contributed by atoms with Gasteiger partial charge in [-0.2, -0.15) is 0 Å². The maximum atomic E-state index is 12.4. The van der Waals surface area contributed by atoms with Crippen LogP contribution in [0.2, 0.25) is 5.02 Å². The van der Waals surface area contributed by atoms with Crippen LogP contribution in [0, 0.1) is 0 Å². The van der Waals surface area contributed by atoms with E-state index in [0.717, 1.165) is 29.4 Å². The molecule has 0 bridgehead atoms. The van der Waals surface area contributed by atoms with Crippen LogP contribution >= 0.6 is 22.9 Å². The lowest BCUT2D eigenvalue weighted by molar-refractivity contribution is 0.333. The number of aromatic nitrogens is 1. The molecule has 0 unspecified atom stereocenters. The molecule has 0 fully saturated rings. The first-order chi connectivity index (χ1) is 13.9. The van der Waals surface area contributed by atoms with E-state index in [2.05, 4.69) is 42.9 Å². The van der Waals surface area contributed by atoms with Gasteiger partial charge in [0.1, 0.15) is 10.4 Å². The zero-order chi connectivity index (χ0) is 20.7. The maximum Gasteiger partial charge on any atom is 0.266 e. The van der Waals surface area contributed by atoms with E-state index in [4.69, 9.17) is 11.6 Å². The fourth-order valence-electron chi connectivity index (χ4n) is 3.85. The Labute approximate surface area is 178 Å². The van der Waals surface area contributed by atoms with E-state index in [-0.39, 0.29) is 11.3 Å². The Bertz CT molecular complexity index is 1240. The van der Waals surface area contributed by atoms with Gasteiger partial charge in [-0.15, -0.1) is 11.3 Å². The number of pyridine rings is 1. The van der Waals surface area contributed by atoms with Crippen LogP contribution in [-0.2, 0) is 0 Å². The van der Waals surface area contributed by atoms with Crippen molar-refractivity contribution in [3.8, 4) is 16.9 Å². The van der Waals surface area contributed by atoms with E-state index >= 15 is 0 Å². The fraction of sp³-hybridized carbons (Fsp3) is 0.261. The highest BCUT2D eigenvalue weighted by atomic mass is 35.5. The number of phenolic OH excluding ortho intramolecular Hbond substituents is 1. The van der Waals surface area contributed by atoms with Gasteiger partial charge < -0.3 is 15.0 Å². The quantitative estimate of drug-likeness (QED) is 0.422. The van der Waals surface area contributed by atoms with Crippen molar-refractivity contribution >= 4 is 43.9 Å². The summed E-state index contributed by atoms with van der Waals surface area (Å²) in [5.41, 5.74) is 3.22. The minimum absolute atomic E-state index is 0.105. The second-order valence-electron chi connectivity index (χ2n) is 7.50. The predicted molar refractivity (Wildman–Crippen MR) is 124 cm³/mol. The molecule has 0 amide bonds. The molecule has 29 heavy (non-hydrogen) atoms. The number of fused-ring (bicyclic) bond motifs is 3. The first kappa shape index (κ1) is 20.0. The van der Waals surface area contributed by atoms with Gasteiger partial charge in [0.15, 0.2) is 0 Å². The number of hydrogen-bond acceptors (Lipinski definition) is 4. The maximum absolute atomic E-state index is 12.4.